The first kappa shape index (κ1) is 17.2. The van der Waals surface area contributed by atoms with Crippen LogP contribution in [-0.4, -0.2) is 51.7 Å². The number of hydrogen-bond acceptors (Lipinski definition) is 8. The number of anilines is 1. The SMILES string of the molecule is O=C(CSC(=O)SN1CCOCC1)Nc1nc2c(s1)CCCC2. The predicted molar refractivity (Wildman–Crippen MR) is 95.2 cm³/mol. The monoisotopic (exact) mass is 373 g/mol. The van der Waals surface area contributed by atoms with E-state index < -0.39 is 0 Å². The smallest absolute Gasteiger partial charge is 0.261 e. The normalized spacial score (nSPS) is 18.4. The Morgan fingerprint density at radius 1 is 1.26 bits per heavy atom. The Bertz CT molecular complexity index is 549. The molecule has 23 heavy (non-hydrogen) atoms. The van der Waals surface area contributed by atoms with Gasteiger partial charge in [-0.15, -0.1) is 11.3 Å². The van der Waals surface area contributed by atoms with Crippen LogP contribution in [-0.2, 0) is 22.4 Å². The van der Waals surface area contributed by atoms with Crippen LogP contribution < -0.4 is 5.32 Å². The number of aryl methyl sites for hydroxylation is 2. The summed E-state index contributed by atoms with van der Waals surface area (Å²) in [7, 11) is 0. The highest BCUT2D eigenvalue weighted by Gasteiger charge is 2.19. The molecule has 1 aliphatic heterocycles. The van der Waals surface area contributed by atoms with Crippen LogP contribution in [0.3, 0.4) is 0 Å². The zero-order chi connectivity index (χ0) is 16.1. The van der Waals surface area contributed by atoms with Crippen LogP contribution in [0.2, 0.25) is 0 Å². The molecule has 2 aliphatic rings. The van der Waals surface area contributed by atoms with Gasteiger partial charge in [0.1, 0.15) is 0 Å². The van der Waals surface area contributed by atoms with Crippen LogP contribution in [0.25, 0.3) is 0 Å². The van der Waals surface area contributed by atoms with Gasteiger partial charge in [0, 0.05) is 29.9 Å². The zero-order valence-electron chi connectivity index (χ0n) is 12.7. The number of ether oxygens (including phenoxy) is 1. The van der Waals surface area contributed by atoms with E-state index in [9.17, 15) is 9.59 Å². The van der Waals surface area contributed by atoms with Crippen molar-refractivity contribution in [2.75, 3.05) is 37.4 Å². The standard InChI is InChI=1S/C14H19N3O3S3/c18-12(9-21-14(19)23-17-5-7-20-8-6-17)16-13-15-10-3-1-2-4-11(10)22-13/h1-9H2,(H,15,16,18). The second-order valence-electron chi connectivity index (χ2n) is 5.32. The Balaban J connectivity index is 1.40. The number of hydrogen-bond donors (Lipinski definition) is 1. The maximum absolute atomic E-state index is 12.0. The highest BCUT2D eigenvalue weighted by atomic mass is 32.2. The average Bonchev–Trinajstić information content (AvgIpc) is 2.96. The summed E-state index contributed by atoms with van der Waals surface area (Å²) in [5.41, 5.74) is 1.13. The molecule has 0 spiro atoms. The summed E-state index contributed by atoms with van der Waals surface area (Å²) in [5, 5.41) is 3.47. The lowest BCUT2D eigenvalue weighted by Crippen LogP contribution is -2.31. The fraction of sp³-hybridized carbons (Fsp3) is 0.643. The molecule has 1 N–H and O–H groups in total. The van der Waals surface area contributed by atoms with Crippen molar-refractivity contribution in [3.63, 3.8) is 0 Å². The van der Waals surface area contributed by atoms with E-state index in [-0.39, 0.29) is 16.1 Å². The van der Waals surface area contributed by atoms with Crippen LogP contribution in [0.5, 0.6) is 0 Å². The molecule has 1 aromatic heterocycles. The molecule has 1 aromatic rings. The minimum atomic E-state index is -0.169. The number of nitrogens with zero attached hydrogens (tertiary/aromatic N) is 2. The number of rotatable bonds is 4. The molecule has 1 aliphatic carbocycles. The number of carbonyl (C=O) groups excluding carboxylic acids is 2. The first-order valence-electron chi connectivity index (χ1n) is 7.66. The molecule has 1 amide bonds. The van der Waals surface area contributed by atoms with Gasteiger partial charge in [0.05, 0.1) is 24.7 Å². The number of nitrogens with one attached hydrogen (secondary N) is 1. The Hall–Kier alpha value is -0.610. The number of fused-ring (bicyclic) bond motifs is 1. The number of carbonyl (C=O) groups is 2. The van der Waals surface area contributed by atoms with Gasteiger partial charge in [0.15, 0.2) is 5.13 Å². The molecular formula is C14H19N3O3S3. The third-order valence-electron chi connectivity index (χ3n) is 3.59. The number of aromatic nitrogens is 1. The third kappa shape index (κ3) is 5.18. The zero-order valence-corrected chi connectivity index (χ0v) is 15.2. The van der Waals surface area contributed by atoms with Crippen LogP contribution in [0, 0.1) is 0 Å². The van der Waals surface area contributed by atoms with Crippen molar-refractivity contribution in [3.05, 3.63) is 10.6 Å². The molecule has 0 radical (unpaired) electrons. The summed E-state index contributed by atoms with van der Waals surface area (Å²) in [6, 6.07) is 0. The van der Waals surface area contributed by atoms with Crippen molar-refractivity contribution in [2.45, 2.75) is 25.7 Å². The first-order chi connectivity index (χ1) is 11.2. The molecule has 9 heteroatoms. The summed E-state index contributed by atoms with van der Waals surface area (Å²) in [6.45, 7) is 2.79. The van der Waals surface area contributed by atoms with Crippen LogP contribution in [0.15, 0.2) is 0 Å². The van der Waals surface area contributed by atoms with E-state index in [1.165, 1.54) is 29.7 Å². The number of thioether (sulfide) groups is 1. The third-order valence-corrected chi connectivity index (χ3v) is 6.65. The lowest BCUT2D eigenvalue weighted by atomic mass is 10.0. The number of amides is 1. The van der Waals surface area contributed by atoms with E-state index in [1.54, 1.807) is 11.3 Å². The average molecular weight is 374 g/mol. The molecule has 3 rings (SSSR count). The van der Waals surface area contributed by atoms with Crippen molar-refractivity contribution in [1.82, 2.24) is 9.29 Å². The van der Waals surface area contributed by atoms with Gasteiger partial charge in [-0.25, -0.2) is 9.29 Å². The maximum atomic E-state index is 12.0. The molecule has 1 fully saturated rings. The number of morpholine rings is 1. The van der Waals surface area contributed by atoms with Gasteiger partial charge in [0.2, 0.25) is 5.91 Å². The highest BCUT2D eigenvalue weighted by molar-refractivity contribution is 8.37. The van der Waals surface area contributed by atoms with Crippen LogP contribution in [0.1, 0.15) is 23.4 Å². The van der Waals surface area contributed by atoms with E-state index in [1.807, 2.05) is 4.31 Å². The van der Waals surface area contributed by atoms with Crippen molar-refractivity contribution < 1.29 is 14.3 Å². The quantitative estimate of drug-likeness (QED) is 0.814. The topological polar surface area (TPSA) is 71.5 Å². The van der Waals surface area contributed by atoms with Gasteiger partial charge >= 0.3 is 0 Å². The summed E-state index contributed by atoms with van der Waals surface area (Å²) < 4.78 is 7.16. The summed E-state index contributed by atoms with van der Waals surface area (Å²) in [5.74, 6) is -0.0440. The maximum Gasteiger partial charge on any atom is 0.261 e. The minimum Gasteiger partial charge on any atom is -0.379 e. The van der Waals surface area contributed by atoms with Crippen molar-refractivity contribution in [2.24, 2.45) is 0 Å². The molecule has 0 saturated carbocycles. The van der Waals surface area contributed by atoms with Gasteiger partial charge < -0.3 is 10.1 Å². The Morgan fingerprint density at radius 3 is 2.83 bits per heavy atom. The van der Waals surface area contributed by atoms with E-state index in [4.69, 9.17) is 4.74 Å². The molecule has 0 bridgehead atoms. The molecule has 6 nitrogen and oxygen atoms in total. The van der Waals surface area contributed by atoms with Crippen LogP contribution in [0.4, 0.5) is 9.93 Å². The Morgan fingerprint density at radius 2 is 2.04 bits per heavy atom. The fourth-order valence-electron chi connectivity index (χ4n) is 2.45. The first-order valence-corrected chi connectivity index (χ1v) is 10.2. The lowest BCUT2D eigenvalue weighted by molar-refractivity contribution is -0.113. The number of thiazole rings is 1. The second-order valence-corrected chi connectivity index (χ2v) is 8.68. The fourth-order valence-corrected chi connectivity index (χ4v) is 5.09. The van der Waals surface area contributed by atoms with E-state index in [0.29, 0.717) is 18.3 Å². The van der Waals surface area contributed by atoms with Crippen molar-refractivity contribution in [1.29, 1.82) is 0 Å². The Labute approximate surface area is 147 Å². The van der Waals surface area contributed by atoms with Crippen molar-refractivity contribution >= 4 is 50.5 Å². The van der Waals surface area contributed by atoms with Crippen molar-refractivity contribution in [3.8, 4) is 0 Å². The molecule has 0 atom stereocenters. The van der Waals surface area contributed by atoms with E-state index in [0.717, 1.165) is 43.4 Å². The molecule has 0 unspecified atom stereocenters. The van der Waals surface area contributed by atoms with Gasteiger partial charge in [-0.3, -0.25) is 9.59 Å². The molecule has 0 aromatic carbocycles. The molecular weight excluding hydrogens is 354 g/mol. The largest absolute Gasteiger partial charge is 0.379 e. The Kier molecular flexibility index (Phi) is 6.35. The predicted octanol–water partition coefficient (Wildman–Crippen LogP) is 2.79. The second kappa shape index (κ2) is 8.48. The lowest BCUT2D eigenvalue weighted by Gasteiger charge is -2.23. The van der Waals surface area contributed by atoms with Gasteiger partial charge in [-0.1, -0.05) is 11.8 Å². The minimum absolute atomic E-state index is 0.0551. The highest BCUT2D eigenvalue weighted by Crippen LogP contribution is 2.29. The summed E-state index contributed by atoms with van der Waals surface area (Å²) in [4.78, 5) is 29.6. The molecule has 2 heterocycles. The van der Waals surface area contributed by atoms with Gasteiger partial charge in [-0.05, 0) is 25.7 Å². The van der Waals surface area contributed by atoms with E-state index >= 15 is 0 Å². The summed E-state index contributed by atoms with van der Waals surface area (Å²) >= 11 is 3.78. The molecule has 126 valence electrons. The van der Waals surface area contributed by atoms with E-state index in [2.05, 4.69) is 10.3 Å². The van der Waals surface area contributed by atoms with Gasteiger partial charge in [-0.2, -0.15) is 0 Å². The van der Waals surface area contributed by atoms with Gasteiger partial charge in [0.25, 0.3) is 4.45 Å². The van der Waals surface area contributed by atoms with Crippen LogP contribution >= 0.6 is 35.0 Å². The molecule has 1 saturated heterocycles. The summed E-state index contributed by atoms with van der Waals surface area (Å²) in [6.07, 6.45) is 4.44.